The Morgan fingerprint density at radius 2 is 1.70 bits per heavy atom. The van der Waals surface area contributed by atoms with Gasteiger partial charge in [-0.05, 0) is 52.1 Å². The molecule has 116 valence electrons. The van der Waals surface area contributed by atoms with Gasteiger partial charge in [-0.3, -0.25) is 9.80 Å². The van der Waals surface area contributed by atoms with Crippen molar-refractivity contribution in [2.24, 2.45) is 0 Å². The zero-order chi connectivity index (χ0) is 13.8. The van der Waals surface area contributed by atoms with Crippen LogP contribution in [-0.4, -0.2) is 60.6 Å². The van der Waals surface area contributed by atoms with Gasteiger partial charge in [-0.25, -0.2) is 0 Å². The second-order valence-corrected chi connectivity index (χ2v) is 7.27. The molecule has 0 aromatic rings. The van der Waals surface area contributed by atoms with E-state index < -0.39 is 0 Å². The van der Waals surface area contributed by atoms with Crippen molar-refractivity contribution < 1.29 is 0 Å². The van der Waals surface area contributed by atoms with E-state index in [1.54, 1.807) is 0 Å². The highest BCUT2D eigenvalue weighted by Gasteiger charge is 2.30. The molecule has 2 unspecified atom stereocenters. The van der Waals surface area contributed by atoms with Crippen molar-refractivity contribution in [3.8, 4) is 0 Å². The molecule has 3 fully saturated rings. The summed E-state index contributed by atoms with van der Waals surface area (Å²) in [7, 11) is 0. The molecule has 2 atom stereocenters. The number of rotatable bonds is 5. The molecule has 3 aliphatic rings. The average molecular weight is 279 g/mol. The third kappa shape index (κ3) is 3.75. The number of hydrogen-bond donors (Lipinski definition) is 1. The number of likely N-dealkylation sites (tertiary alicyclic amines) is 2. The van der Waals surface area contributed by atoms with E-state index in [0.29, 0.717) is 6.04 Å². The molecule has 0 amide bonds. The van der Waals surface area contributed by atoms with Gasteiger partial charge in [-0.2, -0.15) is 0 Å². The van der Waals surface area contributed by atoms with Crippen molar-refractivity contribution in [1.82, 2.24) is 15.1 Å². The van der Waals surface area contributed by atoms with Crippen LogP contribution >= 0.6 is 0 Å². The quantitative estimate of drug-likeness (QED) is 0.834. The molecule has 2 aliphatic heterocycles. The van der Waals surface area contributed by atoms with E-state index in [1.165, 1.54) is 84.1 Å². The van der Waals surface area contributed by atoms with E-state index in [1.807, 2.05) is 0 Å². The first-order valence-corrected chi connectivity index (χ1v) is 9.04. The molecule has 1 saturated carbocycles. The Morgan fingerprint density at radius 1 is 0.950 bits per heavy atom. The molecule has 3 heteroatoms. The summed E-state index contributed by atoms with van der Waals surface area (Å²) in [6.45, 7) is 8.94. The molecule has 0 bridgehead atoms. The first-order chi connectivity index (χ1) is 9.83. The fourth-order valence-corrected chi connectivity index (χ4v) is 4.35. The second kappa shape index (κ2) is 7.24. The van der Waals surface area contributed by atoms with Crippen LogP contribution in [0.1, 0.15) is 58.3 Å². The topological polar surface area (TPSA) is 18.5 Å². The SMILES string of the molecule is CC(CNC1CCCC1)N1CCC(N2CCCCC2)C1. The molecule has 0 spiro atoms. The molecule has 2 heterocycles. The van der Waals surface area contributed by atoms with Gasteiger partial charge >= 0.3 is 0 Å². The van der Waals surface area contributed by atoms with Gasteiger partial charge in [0.1, 0.15) is 0 Å². The van der Waals surface area contributed by atoms with Crippen LogP contribution in [0, 0.1) is 0 Å². The van der Waals surface area contributed by atoms with Crippen LogP contribution in [0.25, 0.3) is 0 Å². The normalized spacial score (nSPS) is 31.9. The van der Waals surface area contributed by atoms with Crippen LogP contribution in [0.4, 0.5) is 0 Å². The minimum Gasteiger partial charge on any atom is -0.312 e. The van der Waals surface area contributed by atoms with E-state index in [2.05, 4.69) is 22.0 Å². The molecule has 3 rings (SSSR count). The summed E-state index contributed by atoms with van der Waals surface area (Å²) in [5, 5.41) is 3.80. The van der Waals surface area contributed by atoms with Gasteiger partial charge in [0.25, 0.3) is 0 Å². The zero-order valence-corrected chi connectivity index (χ0v) is 13.3. The Morgan fingerprint density at radius 3 is 2.45 bits per heavy atom. The summed E-state index contributed by atoms with van der Waals surface area (Å²) in [6.07, 6.45) is 11.4. The highest BCUT2D eigenvalue weighted by molar-refractivity contribution is 4.88. The van der Waals surface area contributed by atoms with Crippen molar-refractivity contribution in [3.05, 3.63) is 0 Å². The van der Waals surface area contributed by atoms with Crippen LogP contribution in [0.15, 0.2) is 0 Å². The summed E-state index contributed by atoms with van der Waals surface area (Å²) in [4.78, 5) is 5.49. The maximum absolute atomic E-state index is 3.80. The fourth-order valence-electron chi connectivity index (χ4n) is 4.35. The molecular formula is C17H33N3. The van der Waals surface area contributed by atoms with Gasteiger partial charge in [0.15, 0.2) is 0 Å². The lowest BCUT2D eigenvalue weighted by Gasteiger charge is -2.33. The Kier molecular flexibility index (Phi) is 5.36. The minimum absolute atomic E-state index is 0.713. The van der Waals surface area contributed by atoms with Gasteiger partial charge in [0, 0.05) is 37.8 Å². The number of piperidine rings is 1. The van der Waals surface area contributed by atoms with E-state index in [9.17, 15) is 0 Å². The fraction of sp³-hybridized carbons (Fsp3) is 1.00. The van der Waals surface area contributed by atoms with Crippen LogP contribution in [0.3, 0.4) is 0 Å². The van der Waals surface area contributed by atoms with Gasteiger partial charge in [0.2, 0.25) is 0 Å². The van der Waals surface area contributed by atoms with E-state index in [0.717, 1.165) is 12.1 Å². The smallest absolute Gasteiger partial charge is 0.0235 e. The van der Waals surface area contributed by atoms with Crippen LogP contribution in [0.2, 0.25) is 0 Å². The lowest BCUT2D eigenvalue weighted by Crippen LogP contribution is -2.45. The zero-order valence-electron chi connectivity index (χ0n) is 13.3. The highest BCUT2D eigenvalue weighted by atomic mass is 15.3. The van der Waals surface area contributed by atoms with Crippen molar-refractivity contribution in [2.45, 2.75) is 76.4 Å². The van der Waals surface area contributed by atoms with Crippen LogP contribution < -0.4 is 5.32 Å². The first kappa shape index (κ1) is 14.8. The molecule has 20 heavy (non-hydrogen) atoms. The van der Waals surface area contributed by atoms with Crippen molar-refractivity contribution in [1.29, 1.82) is 0 Å². The molecule has 1 N–H and O–H groups in total. The standard InChI is InChI=1S/C17H33N3/c1-15(13-18-16-7-3-4-8-16)20-12-9-17(14-20)19-10-5-2-6-11-19/h15-18H,2-14H2,1H3. The van der Waals surface area contributed by atoms with Gasteiger partial charge < -0.3 is 5.32 Å². The van der Waals surface area contributed by atoms with Crippen LogP contribution in [-0.2, 0) is 0 Å². The number of nitrogens with one attached hydrogen (secondary N) is 1. The van der Waals surface area contributed by atoms with Crippen molar-refractivity contribution >= 4 is 0 Å². The Balaban J connectivity index is 1.39. The summed E-state index contributed by atoms with van der Waals surface area (Å²) >= 11 is 0. The largest absolute Gasteiger partial charge is 0.312 e. The lowest BCUT2D eigenvalue weighted by atomic mass is 10.1. The molecule has 1 aliphatic carbocycles. The van der Waals surface area contributed by atoms with Gasteiger partial charge in [-0.15, -0.1) is 0 Å². The Hall–Kier alpha value is -0.120. The van der Waals surface area contributed by atoms with Crippen LogP contribution in [0.5, 0.6) is 0 Å². The lowest BCUT2D eigenvalue weighted by molar-refractivity contribution is 0.153. The molecule has 0 aromatic heterocycles. The van der Waals surface area contributed by atoms with E-state index in [-0.39, 0.29) is 0 Å². The van der Waals surface area contributed by atoms with Crippen molar-refractivity contribution in [2.75, 3.05) is 32.7 Å². The highest BCUT2D eigenvalue weighted by Crippen LogP contribution is 2.22. The molecule has 0 radical (unpaired) electrons. The third-order valence-corrected chi connectivity index (χ3v) is 5.78. The summed E-state index contributed by atoms with van der Waals surface area (Å²) in [5.74, 6) is 0. The Labute approximate surface area is 125 Å². The summed E-state index contributed by atoms with van der Waals surface area (Å²) in [5.41, 5.74) is 0. The number of nitrogens with zero attached hydrogens (tertiary/aromatic N) is 2. The summed E-state index contributed by atoms with van der Waals surface area (Å²) < 4.78 is 0. The molecule has 2 saturated heterocycles. The summed E-state index contributed by atoms with van der Waals surface area (Å²) in [6, 6.07) is 2.38. The molecular weight excluding hydrogens is 246 g/mol. The third-order valence-electron chi connectivity index (χ3n) is 5.78. The molecule has 0 aromatic carbocycles. The van der Waals surface area contributed by atoms with Gasteiger partial charge in [0.05, 0.1) is 0 Å². The maximum Gasteiger partial charge on any atom is 0.0235 e. The van der Waals surface area contributed by atoms with E-state index in [4.69, 9.17) is 0 Å². The van der Waals surface area contributed by atoms with E-state index >= 15 is 0 Å². The average Bonchev–Trinajstić information content (AvgIpc) is 3.17. The predicted molar refractivity (Wildman–Crippen MR) is 85.1 cm³/mol. The predicted octanol–water partition coefficient (Wildman–Crippen LogP) is 2.47. The van der Waals surface area contributed by atoms with Gasteiger partial charge in [-0.1, -0.05) is 19.3 Å². The van der Waals surface area contributed by atoms with Crippen molar-refractivity contribution in [3.63, 3.8) is 0 Å². The monoisotopic (exact) mass is 279 g/mol. The second-order valence-electron chi connectivity index (χ2n) is 7.27. The minimum atomic E-state index is 0.713. The first-order valence-electron chi connectivity index (χ1n) is 9.04. The Bertz CT molecular complexity index is 282. The molecule has 3 nitrogen and oxygen atoms in total. The maximum atomic E-state index is 3.80. The number of hydrogen-bond acceptors (Lipinski definition) is 3.